The lowest BCUT2D eigenvalue weighted by Crippen LogP contribution is -2.43. The Kier molecular flexibility index (Phi) is 13.1. The molecule has 0 aromatic rings. The van der Waals surface area contributed by atoms with Crippen molar-refractivity contribution in [1.82, 2.24) is 0 Å². The Hall–Kier alpha value is -0.130. The summed E-state index contributed by atoms with van der Waals surface area (Å²) < 4.78 is 30.3. The van der Waals surface area contributed by atoms with Gasteiger partial charge in [0.2, 0.25) is 0 Å². The maximum Gasteiger partial charge on any atom is 0.264 e. The first-order valence-corrected chi connectivity index (χ1v) is 11.5. The SMILES string of the molecule is CCCCCCCCCCCCC(C)C(C)(N)CCCS(=O)(=O)O. The van der Waals surface area contributed by atoms with E-state index in [1.54, 1.807) is 0 Å². The fourth-order valence-corrected chi connectivity index (χ4v) is 3.66. The molecule has 0 aromatic heterocycles. The van der Waals surface area contributed by atoms with Crippen molar-refractivity contribution < 1.29 is 13.0 Å². The molecule has 4 nitrogen and oxygen atoms in total. The van der Waals surface area contributed by atoms with Crippen LogP contribution in [0.5, 0.6) is 0 Å². The Morgan fingerprint density at radius 3 is 1.83 bits per heavy atom. The van der Waals surface area contributed by atoms with Crippen molar-refractivity contribution in [2.45, 2.75) is 110 Å². The summed E-state index contributed by atoms with van der Waals surface area (Å²) in [6.45, 7) is 6.40. The average molecular weight is 364 g/mol. The molecule has 146 valence electrons. The fourth-order valence-electron chi connectivity index (χ4n) is 3.15. The van der Waals surface area contributed by atoms with Gasteiger partial charge in [0, 0.05) is 5.54 Å². The van der Waals surface area contributed by atoms with Crippen molar-refractivity contribution in [2.75, 3.05) is 5.75 Å². The minimum Gasteiger partial charge on any atom is -0.325 e. The van der Waals surface area contributed by atoms with Gasteiger partial charge >= 0.3 is 0 Å². The second-order valence-corrected chi connectivity index (χ2v) is 9.34. The number of unbranched alkanes of at least 4 members (excludes halogenated alkanes) is 9. The standard InChI is InChI=1S/C19H41NO3S/c1-4-5-6-7-8-9-10-11-12-13-15-18(2)19(3,20)16-14-17-24(21,22)23/h18H,4-17,20H2,1-3H3,(H,21,22,23). The number of hydrogen-bond donors (Lipinski definition) is 2. The Balaban J connectivity index is 3.64. The molecular formula is C19H41NO3S. The number of nitrogens with two attached hydrogens (primary N) is 1. The highest BCUT2D eigenvalue weighted by atomic mass is 32.2. The molecule has 0 aliphatic heterocycles. The topological polar surface area (TPSA) is 80.4 Å². The molecule has 0 heterocycles. The van der Waals surface area contributed by atoms with Gasteiger partial charge in [0.05, 0.1) is 5.75 Å². The third kappa shape index (κ3) is 14.2. The molecule has 0 amide bonds. The van der Waals surface area contributed by atoms with Crippen LogP contribution in [0.15, 0.2) is 0 Å². The van der Waals surface area contributed by atoms with Gasteiger partial charge in [-0.1, -0.05) is 78.1 Å². The zero-order valence-electron chi connectivity index (χ0n) is 16.2. The number of rotatable bonds is 16. The van der Waals surface area contributed by atoms with E-state index in [-0.39, 0.29) is 11.3 Å². The summed E-state index contributed by atoms with van der Waals surface area (Å²) in [7, 11) is -3.87. The van der Waals surface area contributed by atoms with E-state index in [1.165, 1.54) is 64.2 Å². The van der Waals surface area contributed by atoms with Gasteiger partial charge in [0.1, 0.15) is 0 Å². The van der Waals surface area contributed by atoms with E-state index in [0.29, 0.717) is 18.8 Å². The van der Waals surface area contributed by atoms with E-state index in [2.05, 4.69) is 13.8 Å². The summed E-state index contributed by atoms with van der Waals surface area (Å²) in [5, 5.41) is 0. The van der Waals surface area contributed by atoms with E-state index in [4.69, 9.17) is 10.3 Å². The summed E-state index contributed by atoms with van der Waals surface area (Å²) in [5.41, 5.74) is 5.98. The fraction of sp³-hybridized carbons (Fsp3) is 1.00. The summed E-state index contributed by atoms with van der Waals surface area (Å²) >= 11 is 0. The molecule has 2 atom stereocenters. The summed E-state index contributed by atoms with van der Waals surface area (Å²) in [6, 6.07) is 0. The second kappa shape index (κ2) is 13.1. The van der Waals surface area contributed by atoms with Crippen molar-refractivity contribution in [1.29, 1.82) is 0 Å². The molecule has 2 unspecified atom stereocenters. The molecule has 0 radical (unpaired) electrons. The van der Waals surface area contributed by atoms with E-state index >= 15 is 0 Å². The van der Waals surface area contributed by atoms with E-state index in [9.17, 15) is 8.42 Å². The molecule has 0 aliphatic rings. The van der Waals surface area contributed by atoms with Gasteiger partial charge in [-0.25, -0.2) is 0 Å². The van der Waals surface area contributed by atoms with Crippen LogP contribution in [-0.2, 0) is 10.1 Å². The molecule has 3 N–H and O–H groups in total. The smallest absolute Gasteiger partial charge is 0.264 e. The van der Waals surface area contributed by atoms with Crippen molar-refractivity contribution in [3.8, 4) is 0 Å². The lowest BCUT2D eigenvalue weighted by atomic mass is 9.81. The van der Waals surface area contributed by atoms with Gasteiger partial charge in [-0.15, -0.1) is 0 Å². The quantitative estimate of drug-likeness (QED) is 0.287. The third-order valence-electron chi connectivity index (χ3n) is 5.23. The van der Waals surface area contributed by atoms with Gasteiger partial charge in [-0.2, -0.15) is 8.42 Å². The lowest BCUT2D eigenvalue weighted by Gasteiger charge is -2.32. The largest absolute Gasteiger partial charge is 0.325 e. The Morgan fingerprint density at radius 2 is 1.38 bits per heavy atom. The average Bonchev–Trinajstić information content (AvgIpc) is 2.47. The molecule has 0 saturated carbocycles. The predicted molar refractivity (Wildman–Crippen MR) is 104 cm³/mol. The summed E-state index contributed by atoms with van der Waals surface area (Å²) in [6.07, 6.45) is 15.5. The van der Waals surface area contributed by atoms with Crippen LogP contribution in [0.25, 0.3) is 0 Å². The van der Waals surface area contributed by atoms with Gasteiger partial charge in [0.25, 0.3) is 10.1 Å². The highest BCUT2D eigenvalue weighted by Crippen LogP contribution is 2.25. The molecule has 0 aromatic carbocycles. The Morgan fingerprint density at radius 1 is 0.917 bits per heavy atom. The van der Waals surface area contributed by atoms with Crippen LogP contribution in [0.2, 0.25) is 0 Å². The second-order valence-electron chi connectivity index (χ2n) is 7.77. The van der Waals surface area contributed by atoms with Crippen molar-refractivity contribution >= 4 is 10.1 Å². The Bertz CT molecular complexity index is 393. The first-order chi connectivity index (χ1) is 11.2. The summed E-state index contributed by atoms with van der Waals surface area (Å²) in [5.74, 6) is 0.179. The van der Waals surface area contributed by atoms with Crippen molar-refractivity contribution in [3.05, 3.63) is 0 Å². The summed E-state index contributed by atoms with van der Waals surface area (Å²) in [4.78, 5) is 0. The third-order valence-corrected chi connectivity index (χ3v) is 6.04. The van der Waals surface area contributed by atoms with Gasteiger partial charge in [-0.3, -0.25) is 4.55 Å². The minimum absolute atomic E-state index is 0.190. The lowest BCUT2D eigenvalue weighted by molar-refractivity contribution is 0.271. The van der Waals surface area contributed by atoms with Gasteiger partial charge in [-0.05, 0) is 32.1 Å². The molecule has 24 heavy (non-hydrogen) atoms. The van der Waals surface area contributed by atoms with Crippen LogP contribution in [-0.4, -0.2) is 24.3 Å². The van der Waals surface area contributed by atoms with Crippen LogP contribution in [0.1, 0.15) is 104 Å². The molecule has 0 bridgehead atoms. The normalized spacial score (nSPS) is 16.0. The highest BCUT2D eigenvalue weighted by Gasteiger charge is 2.26. The van der Waals surface area contributed by atoms with E-state index in [1.807, 2.05) is 6.92 Å². The molecular weight excluding hydrogens is 322 g/mol. The van der Waals surface area contributed by atoms with Crippen LogP contribution < -0.4 is 5.73 Å². The minimum atomic E-state index is -3.87. The molecule has 5 heteroatoms. The Labute approximate surface area is 150 Å². The monoisotopic (exact) mass is 363 g/mol. The first-order valence-electron chi connectivity index (χ1n) is 9.93. The van der Waals surface area contributed by atoms with Gasteiger partial charge < -0.3 is 5.73 Å². The van der Waals surface area contributed by atoms with E-state index in [0.717, 1.165) is 6.42 Å². The molecule has 0 rings (SSSR count). The predicted octanol–water partition coefficient (Wildman–Crippen LogP) is 5.32. The zero-order chi connectivity index (χ0) is 18.5. The van der Waals surface area contributed by atoms with Crippen LogP contribution in [0.4, 0.5) is 0 Å². The van der Waals surface area contributed by atoms with Gasteiger partial charge in [0.15, 0.2) is 0 Å². The van der Waals surface area contributed by atoms with Crippen molar-refractivity contribution in [3.63, 3.8) is 0 Å². The first kappa shape index (κ1) is 23.9. The zero-order valence-corrected chi connectivity index (χ0v) is 17.0. The highest BCUT2D eigenvalue weighted by molar-refractivity contribution is 7.85. The molecule has 0 saturated heterocycles. The maximum absolute atomic E-state index is 10.8. The van der Waals surface area contributed by atoms with Crippen LogP contribution in [0.3, 0.4) is 0 Å². The van der Waals surface area contributed by atoms with Crippen LogP contribution in [0, 0.1) is 5.92 Å². The van der Waals surface area contributed by atoms with Crippen LogP contribution >= 0.6 is 0 Å². The van der Waals surface area contributed by atoms with E-state index < -0.39 is 10.1 Å². The maximum atomic E-state index is 10.8. The van der Waals surface area contributed by atoms with Crippen molar-refractivity contribution in [2.24, 2.45) is 11.7 Å². The molecule has 0 fully saturated rings. The molecule has 0 aliphatic carbocycles. The molecule has 0 spiro atoms. The number of hydrogen-bond acceptors (Lipinski definition) is 3.